The van der Waals surface area contributed by atoms with E-state index in [0.717, 1.165) is 5.56 Å². The summed E-state index contributed by atoms with van der Waals surface area (Å²) in [5.74, 6) is -0.284. The molecule has 2 aromatic heterocycles. The Balaban J connectivity index is 2.26. The van der Waals surface area contributed by atoms with Crippen molar-refractivity contribution in [2.45, 2.75) is 6.92 Å². The van der Waals surface area contributed by atoms with Crippen LogP contribution in [0.5, 0.6) is 0 Å². The molecule has 4 heteroatoms. The summed E-state index contributed by atoms with van der Waals surface area (Å²) in [6, 6.07) is 8.42. The molecule has 0 amide bonds. The number of aryl methyl sites for hydroxylation is 1. The summed E-state index contributed by atoms with van der Waals surface area (Å²) in [6.45, 7) is 1.95. The Morgan fingerprint density at radius 1 is 1.22 bits per heavy atom. The molecule has 0 aliphatic heterocycles. The van der Waals surface area contributed by atoms with Crippen molar-refractivity contribution >= 4 is 17.2 Å². The maximum Gasteiger partial charge on any atom is 0.156 e. The van der Waals surface area contributed by atoms with Crippen molar-refractivity contribution in [2.75, 3.05) is 0 Å². The summed E-state index contributed by atoms with van der Waals surface area (Å²) in [5, 5.41) is 0.567. The third kappa shape index (κ3) is 1.77. The van der Waals surface area contributed by atoms with E-state index in [1.165, 1.54) is 6.07 Å². The van der Waals surface area contributed by atoms with E-state index in [-0.39, 0.29) is 5.82 Å². The van der Waals surface area contributed by atoms with E-state index in [9.17, 15) is 4.39 Å². The van der Waals surface area contributed by atoms with Crippen LogP contribution in [0.15, 0.2) is 42.7 Å². The highest BCUT2D eigenvalue weighted by atomic mass is 35.5. The van der Waals surface area contributed by atoms with E-state index in [0.29, 0.717) is 21.9 Å². The standard InChI is InChI=1S/C14H10ClFN2/c1-9-6-11(15)14-17-13(8-18(14)7-9)10-4-2-3-5-12(10)16/h2-8H,1H3. The number of aromatic nitrogens is 2. The zero-order valence-electron chi connectivity index (χ0n) is 9.69. The second-order valence-electron chi connectivity index (χ2n) is 4.20. The van der Waals surface area contributed by atoms with E-state index >= 15 is 0 Å². The molecule has 0 atom stereocenters. The van der Waals surface area contributed by atoms with Gasteiger partial charge in [-0.1, -0.05) is 23.7 Å². The van der Waals surface area contributed by atoms with Crippen LogP contribution in [0.3, 0.4) is 0 Å². The molecule has 3 rings (SSSR count). The van der Waals surface area contributed by atoms with Gasteiger partial charge in [0, 0.05) is 18.0 Å². The molecule has 0 N–H and O–H groups in total. The fourth-order valence-corrected chi connectivity index (χ4v) is 2.30. The Kier molecular flexibility index (Phi) is 2.56. The van der Waals surface area contributed by atoms with Crippen LogP contribution < -0.4 is 0 Å². The van der Waals surface area contributed by atoms with Crippen LogP contribution in [0.4, 0.5) is 4.39 Å². The summed E-state index contributed by atoms with van der Waals surface area (Å²) in [5.41, 5.74) is 2.74. The first-order valence-electron chi connectivity index (χ1n) is 5.55. The van der Waals surface area contributed by atoms with Gasteiger partial charge in [-0.3, -0.25) is 0 Å². The zero-order valence-corrected chi connectivity index (χ0v) is 10.4. The molecule has 0 spiro atoms. The van der Waals surface area contributed by atoms with E-state index < -0.39 is 0 Å². The molecule has 18 heavy (non-hydrogen) atoms. The first-order chi connectivity index (χ1) is 8.65. The van der Waals surface area contributed by atoms with Crippen molar-refractivity contribution in [3.63, 3.8) is 0 Å². The van der Waals surface area contributed by atoms with Gasteiger partial charge in [0.2, 0.25) is 0 Å². The maximum absolute atomic E-state index is 13.7. The summed E-state index contributed by atoms with van der Waals surface area (Å²) < 4.78 is 15.5. The molecule has 0 fully saturated rings. The summed E-state index contributed by atoms with van der Waals surface area (Å²) in [7, 11) is 0. The minimum Gasteiger partial charge on any atom is -0.305 e. The Morgan fingerprint density at radius 3 is 2.78 bits per heavy atom. The molecule has 0 saturated carbocycles. The molecule has 0 unspecified atom stereocenters. The van der Waals surface area contributed by atoms with Crippen molar-refractivity contribution in [3.8, 4) is 11.3 Å². The smallest absolute Gasteiger partial charge is 0.156 e. The molecule has 0 aliphatic carbocycles. The van der Waals surface area contributed by atoms with Crippen molar-refractivity contribution in [3.05, 3.63) is 59.1 Å². The Bertz CT molecular complexity index is 734. The number of imidazole rings is 1. The average Bonchev–Trinajstić information content (AvgIpc) is 2.73. The topological polar surface area (TPSA) is 17.3 Å². The van der Waals surface area contributed by atoms with Crippen LogP contribution in [-0.2, 0) is 0 Å². The van der Waals surface area contributed by atoms with E-state index in [1.54, 1.807) is 24.4 Å². The van der Waals surface area contributed by atoms with Crippen LogP contribution in [0.1, 0.15) is 5.56 Å². The minimum absolute atomic E-state index is 0.284. The molecule has 3 aromatic rings. The van der Waals surface area contributed by atoms with Gasteiger partial charge in [-0.25, -0.2) is 9.37 Å². The van der Waals surface area contributed by atoms with Gasteiger partial charge in [-0.15, -0.1) is 0 Å². The molecule has 1 aromatic carbocycles. The van der Waals surface area contributed by atoms with Crippen LogP contribution in [0.2, 0.25) is 5.02 Å². The number of hydrogen-bond acceptors (Lipinski definition) is 1. The number of halogens is 2. The monoisotopic (exact) mass is 260 g/mol. The molecule has 0 saturated heterocycles. The number of rotatable bonds is 1. The lowest BCUT2D eigenvalue weighted by molar-refractivity contribution is 0.631. The minimum atomic E-state index is -0.284. The third-order valence-electron chi connectivity index (χ3n) is 2.79. The second kappa shape index (κ2) is 4.10. The van der Waals surface area contributed by atoms with Crippen LogP contribution in [0, 0.1) is 12.7 Å². The summed E-state index contributed by atoms with van der Waals surface area (Å²) in [6.07, 6.45) is 3.70. The molecule has 0 bridgehead atoms. The molecule has 90 valence electrons. The Morgan fingerprint density at radius 2 is 2.00 bits per heavy atom. The fraction of sp³-hybridized carbons (Fsp3) is 0.0714. The number of hydrogen-bond donors (Lipinski definition) is 0. The summed E-state index contributed by atoms with van der Waals surface area (Å²) in [4.78, 5) is 4.38. The number of nitrogens with zero attached hydrogens (tertiary/aromatic N) is 2. The predicted octanol–water partition coefficient (Wildman–Crippen LogP) is 4.10. The van der Waals surface area contributed by atoms with Crippen LogP contribution in [0.25, 0.3) is 16.9 Å². The molecule has 2 nitrogen and oxygen atoms in total. The van der Waals surface area contributed by atoms with Gasteiger partial charge in [0.1, 0.15) is 5.82 Å². The third-order valence-corrected chi connectivity index (χ3v) is 3.07. The lowest BCUT2D eigenvalue weighted by Crippen LogP contribution is -1.85. The van der Waals surface area contributed by atoms with Crippen LogP contribution >= 0.6 is 11.6 Å². The largest absolute Gasteiger partial charge is 0.305 e. The summed E-state index contributed by atoms with van der Waals surface area (Å²) >= 11 is 6.13. The maximum atomic E-state index is 13.7. The number of benzene rings is 1. The van der Waals surface area contributed by atoms with Gasteiger partial charge in [-0.05, 0) is 30.7 Å². The zero-order chi connectivity index (χ0) is 12.7. The van der Waals surface area contributed by atoms with E-state index in [2.05, 4.69) is 4.98 Å². The average molecular weight is 261 g/mol. The van der Waals surface area contributed by atoms with Crippen molar-refractivity contribution in [1.29, 1.82) is 0 Å². The van der Waals surface area contributed by atoms with Crippen molar-refractivity contribution in [2.24, 2.45) is 0 Å². The van der Waals surface area contributed by atoms with E-state index in [4.69, 9.17) is 11.6 Å². The molecular weight excluding hydrogens is 251 g/mol. The van der Waals surface area contributed by atoms with E-state index in [1.807, 2.05) is 23.6 Å². The predicted molar refractivity (Wildman–Crippen MR) is 70.3 cm³/mol. The molecule has 2 heterocycles. The van der Waals surface area contributed by atoms with Gasteiger partial charge in [-0.2, -0.15) is 0 Å². The van der Waals surface area contributed by atoms with Crippen molar-refractivity contribution in [1.82, 2.24) is 9.38 Å². The van der Waals surface area contributed by atoms with Gasteiger partial charge in [0.25, 0.3) is 0 Å². The number of pyridine rings is 1. The molecular formula is C14H10ClFN2. The molecule has 0 radical (unpaired) electrons. The van der Waals surface area contributed by atoms with Gasteiger partial charge >= 0.3 is 0 Å². The Hall–Kier alpha value is -1.87. The lowest BCUT2D eigenvalue weighted by Gasteiger charge is -1.97. The van der Waals surface area contributed by atoms with Crippen LogP contribution in [-0.4, -0.2) is 9.38 Å². The van der Waals surface area contributed by atoms with Crippen molar-refractivity contribution < 1.29 is 4.39 Å². The quantitative estimate of drug-likeness (QED) is 0.644. The first kappa shape index (κ1) is 11.2. The van der Waals surface area contributed by atoms with Gasteiger partial charge < -0.3 is 4.40 Å². The number of fused-ring (bicyclic) bond motifs is 1. The Labute approximate surface area is 109 Å². The SMILES string of the molecule is Cc1cc(Cl)c2nc(-c3ccccc3F)cn2c1. The lowest BCUT2D eigenvalue weighted by atomic mass is 10.1. The fourth-order valence-electron chi connectivity index (χ4n) is 1.99. The second-order valence-corrected chi connectivity index (χ2v) is 4.61. The first-order valence-corrected chi connectivity index (χ1v) is 5.93. The van der Waals surface area contributed by atoms with Gasteiger partial charge in [0.15, 0.2) is 5.65 Å². The highest BCUT2D eigenvalue weighted by molar-refractivity contribution is 6.33. The van der Waals surface area contributed by atoms with Gasteiger partial charge in [0.05, 0.1) is 10.7 Å². The highest BCUT2D eigenvalue weighted by Crippen LogP contribution is 2.25. The normalized spacial score (nSPS) is 11.1. The highest BCUT2D eigenvalue weighted by Gasteiger charge is 2.10. The molecule has 0 aliphatic rings.